The second-order valence-corrected chi connectivity index (χ2v) is 6.68. The summed E-state index contributed by atoms with van der Waals surface area (Å²) in [6, 6.07) is 11.8. The SMILES string of the molecule is Nc1ncnc2c1ccn2[C@H]1CC[C@@H](COc2ccc3ncccc3c2)O1. The summed E-state index contributed by atoms with van der Waals surface area (Å²) in [7, 11) is 0. The van der Waals surface area contributed by atoms with E-state index in [1.165, 1.54) is 6.33 Å². The van der Waals surface area contributed by atoms with Gasteiger partial charge in [0.25, 0.3) is 0 Å². The molecule has 5 rings (SSSR count). The Bertz CT molecular complexity index is 1110. The van der Waals surface area contributed by atoms with Crippen LogP contribution in [0.1, 0.15) is 19.1 Å². The number of hydrogen-bond acceptors (Lipinski definition) is 6. The molecule has 0 radical (unpaired) electrons. The second kappa shape index (κ2) is 6.51. The van der Waals surface area contributed by atoms with Crippen molar-refractivity contribution >= 4 is 27.8 Å². The summed E-state index contributed by atoms with van der Waals surface area (Å²) in [5.41, 5.74) is 7.68. The Labute approximate surface area is 155 Å². The number of pyridine rings is 1. The van der Waals surface area contributed by atoms with Gasteiger partial charge in [-0.15, -0.1) is 0 Å². The van der Waals surface area contributed by atoms with Gasteiger partial charge in [-0.2, -0.15) is 0 Å². The minimum absolute atomic E-state index is 0.0382. The summed E-state index contributed by atoms with van der Waals surface area (Å²) >= 11 is 0. The van der Waals surface area contributed by atoms with E-state index < -0.39 is 0 Å². The van der Waals surface area contributed by atoms with Gasteiger partial charge in [0, 0.05) is 17.8 Å². The zero-order chi connectivity index (χ0) is 18.2. The van der Waals surface area contributed by atoms with Crippen LogP contribution in [0.25, 0.3) is 21.9 Å². The molecule has 1 aromatic carbocycles. The molecule has 0 spiro atoms. The van der Waals surface area contributed by atoms with Crippen LogP contribution in [0.4, 0.5) is 5.82 Å². The quantitative estimate of drug-likeness (QED) is 0.600. The Morgan fingerprint density at radius 1 is 1.15 bits per heavy atom. The van der Waals surface area contributed by atoms with E-state index in [1.807, 2.05) is 47.2 Å². The number of fused-ring (bicyclic) bond motifs is 2. The molecule has 1 aliphatic rings. The number of rotatable bonds is 4. The molecule has 0 saturated carbocycles. The normalized spacial score (nSPS) is 19.7. The lowest BCUT2D eigenvalue weighted by Gasteiger charge is -2.16. The van der Waals surface area contributed by atoms with Crippen LogP contribution in [0, 0.1) is 0 Å². The van der Waals surface area contributed by atoms with Crippen molar-refractivity contribution in [2.24, 2.45) is 0 Å². The van der Waals surface area contributed by atoms with E-state index in [0.717, 1.165) is 40.5 Å². The molecule has 0 amide bonds. The van der Waals surface area contributed by atoms with E-state index in [0.29, 0.717) is 12.4 Å². The average molecular weight is 361 g/mol. The molecule has 1 saturated heterocycles. The fraction of sp³-hybridized carbons (Fsp3) is 0.250. The lowest BCUT2D eigenvalue weighted by molar-refractivity contribution is -0.0156. The van der Waals surface area contributed by atoms with Crippen molar-refractivity contribution < 1.29 is 9.47 Å². The van der Waals surface area contributed by atoms with Crippen LogP contribution in [0.2, 0.25) is 0 Å². The molecule has 2 atom stereocenters. The molecule has 136 valence electrons. The van der Waals surface area contributed by atoms with E-state index >= 15 is 0 Å². The third-order valence-electron chi connectivity index (χ3n) is 4.95. The minimum Gasteiger partial charge on any atom is -0.491 e. The summed E-state index contributed by atoms with van der Waals surface area (Å²) in [6.45, 7) is 0.512. The summed E-state index contributed by atoms with van der Waals surface area (Å²) in [6.07, 6.45) is 7.04. The third-order valence-corrected chi connectivity index (χ3v) is 4.95. The van der Waals surface area contributed by atoms with Crippen LogP contribution >= 0.6 is 0 Å². The highest BCUT2D eigenvalue weighted by atomic mass is 16.6. The van der Waals surface area contributed by atoms with Crippen molar-refractivity contribution in [2.45, 2.75) is 25.2 Å². The molecule has 4 aromatic rings. The van der Waals surface area contributed by atoms with E-state index in [1.54, 1.807) is 6.20 Å². The Kier molecular flexibility index (Phi) is 3.86. The van der Waals surface area contributed by atoms with Crippen molar-refractivity contribution in [3.63, 3.8) is 0 Å². The van der Waals surface area contributed by atoms with Crippen LogP contribution in [0.3, 0.4) is 0 Å². The molecule has 0 bridgehead atoms. The third kappa shape index (κ3) is 2.96. The summed E-state index contributed by atoms with van der Waals surface area (Å²) in [4.78, 5) is 12.7. The van der Waals surface area contributed by atoms with E-state index in [4.69, 9.17) is 15.2 Å². The molecule has 27 heavy (non-hydrogen) atoms. The van der Waals surface area contributed by atoms with Crippen LogP contribution in [-0.4, -0.2) is 32.2 Å². The van der Waals surface area contributed by atoms with Gasteiger partial charge in [-0.05, 0) is 43.2 Å². The summed E-state index contributed by atoms with van der Waals surface area (Å²) in [5, 5.41) is 1.92. The van der Waals surface area contributed by atoms with Crippen LogP contribution in [0.5, 0.6) is 5.75 Å². The monoisotopic (exact) mass is 361 g/mol. The largest absolute Gasteiger partial charge is 0.491 e. The van der Waals surface area contributed by atoms with Crippen molar-refractivity contribution in [3.05, 3.63) is 55.1 Å². The topological polar surface area (TPSA) is 88.1 Å². The van der Waals surface area contributed by atoms with Gasteiger partial charge in [-0.25, -0.2) is 9.97 Å². The Morgan fingerprint density at radius 3 is 3.07 bits per heavy atom. The van der Waals surface area contributed by atoms with Gasteiger partial charge in [-0.1, -0.05) is 6.07 Å². The fourth-order valence-corrected chi connectivity index (χ4v) is 3.57. The second-order valence-electron chi connectivity index (χ2n) is 6.68. The van der Waals surface area contributed by atoms with Gasteiger partial charge in [0.2, 0.25) is 0 Å². The molecular formula is C20H19N5O2. The first-order chi connectivity index (χ1) is 13.3. The molecule has 2 N–H and O–H groups in total. The summed E-state index contributed by atoms with van der Waals surface area (Å²) in [5.74, 6) is 1.32. The van der Waals surface area contributed by atoms with Gasteiger partial charge in [0.05, 0.1) is 17.0 Å². The van der Waals surface area contributed by atoms with E-state index in [9.17, 15) is 0 Å². The maximum Gasteiger partial charge on any atom is 0.147 e. The first-order valence-corrected chi connectivity index (χ1v) is 8.98. The molecule has 1 fully saturated rings. The first-order valence-electron chi connectivity index (χ1n) is 8.98. The maximum absolute atomic E-state index is 6.19. The number of nitrogen functional groups attached to an aromatic ring is 1. The average Bonchev–Trinajstić information content (AvgIpc) is 3.33. The predicted octanol–water partition coefficient (Wildman–Crippen LogP) is 3.32. The molecule has 4 heterocycles. The van der Waals surface area contributed by atoms with Gasteiger partial charge < -0.3 is 19.8 Å². The Balaban J connectivity index is 1.27. The number of anilines is 1. The molecule has 7 heteroatoms. The highest BCUT2D eigenvalue weighted by Crippen LogP contribution is 2.32. The highest BCUT2D eigenvalue weighted by molar-refractivity contribution is 5.86. The smallest absolute Gasteiger partial charge is 0.147 e. The van der Waals surface area contributed by atoms with E-state index in [2.05, 4.69) is 15.0 Å². The van der Waals surface area contributed by atoms with Gasteiger partial charge in [-0.3, -0.25) is 4.98 Å². The number of hydrogen-bond donors (Lipinski definition) is 1. The van der Waals surface area contributed by atoms with Crippen molar-refractivity contribution in [2.75, 3.05) is 12.3 Å². The molecular weight excluding hydrogens is 342 g/mol. The van der Waals surface area contributed by atoms with Gasteiger partial charge in [0.15, 0.2) is 0 Å². The molecule has 0 aliphatic carbocycles. The Morgan fingerprint density at radius 2 is 2.11 bits per heavy atom. The zero-order valence-electron chi connectivity index (χ0n) is 14.7. The highest BCUT2D eigenvalue weighted by Gasteiger charge is 2.28. The standard InChI is InChI=1S/C20H19N5O2/c21-19-16-7-9-25(20(16)24-12-23-19)18-6-4-15(27-18)11-26-14-3-5-17-13(10-14)2-1-8-22-17/h1-3,5,7-10,12,15,18H,4,6,11H2,(H2,21,23,24)/t15-,18+/m0/s1. The zero-order valence-corrected chi connectivity index (χ0v) is 14.7. The molecule has 3 aromatic heterocycles. The van der Waals surface area contributed by atoms with Crippen LogP contribution in [-0.2, 0) is 4.74 Å². The lowest BCUT2D eigenvalue weighted by Crippen LogP contribution is -2.18. The number of aromatic nitrogens is 4. The predicted molar refractivity (Wildman–Crippen MR) is 102 cm³/mol. The minimum atomic E-state index is -0.0637. The van der Waals surface area contributed by atoms with Gasteiger partial charge in [0.1, 0.15) is 36.4 Å². The van der Waals surface area contributed by atoms with Gasteiger partial charge >= 0.3 is 0 Å². The Hall–Kier alpha value is -3.19. The van der Waals surface area contributed by atoms with Crippen molar-refractivity contribution in [1.82, 2.24) is 19.5 Å². The molecule has 7 nitrogen and oxygen atoms in total. The number of nitrogens with two attached hydrogens (primary N) is 1. The summed E-state index contributed by atoms with van der Waals surface area (Å²) < 4.78 is 14.2. The van der Waals surface area contributed by atoms with Crippen molar-refractivity contribution in [1.29, 1.82) is 0 Å². The van der Waals surface area contributed by atoms with E-state index in [-0.39, 0.29) is 12.3 Å². The van der Waals surface area contributed by atoms with Crippen molar-refractivity contribution in [3.8, 4) is 5.75 Å². The number of ether oxygens (including phenoxy) is 2. The number of nitrogens with zero attached hydrogens (tertiary/aromatic N) is 4. The first kappa shape index (κ1) is 16.0. The molecule has 0 unspecified atom stereocenters. The number of benzene rings is 1. The lowest BCUT2D eigenvalue weighted by atomic mass is 10.2. The molecule has 1 aliphatic heterocycles. The maximum atomic E-state index is 6.19. The van der Waals surface area contributed by atoms with Crippen LogP contribution < -0.4 is 10.5 Å². The van der Waals surface area contributed by atoms with Crippen LogP contribution in [0.15, 0.2) is 55.1 Å². The fourth-order valence-electron chi connectivity index (χ4n) is 3.57.